The van der Waals surface area contributed by atoms with Crippen molar-refractivity contribution in [3.8, 4) is 0 Å². The van der Waals surface area contributed by atoms with Crippen LogP contribution in [0, 0.1) is 20.8 Å². The van der Waals surface area contributed by atoms with Crippen LogP contribution in [-0.2, 0) is 0 Å². The first-order valence-electron chi connectivity index (χ1n) is 11.3. The molecule has 0 radical (unpaired) electrons. The van der Waals surface area contributed by atoms with Crippen LogP contribution in [0.25, 0.3) is 5.65 Å². The van der Waals surface area contributed by atoms with Crippen LogP contribution in [0.2, 0.25) is 0 Å². The number of carbonyl (C=O) groups excluding carboxylic acids is 1. The quantitative estimate of drug-likeness (QED) is 0.295. The van der Waals surface area contributed by atoms with E-state index in [-0.39, 0.29) is 5.91 Å². The van der Waals surface area contributed by atoms with Crippen LogP contribution in [0.4, 0.5) is 28.7 Å². The molecule has 0 fully saturated rings. The van der Waals surface area contributed by atoms with Gasteiger partial charge in [-0.2, -0.15) is 0 Å². The van der Waals surface area contributed by atoms with Gasteiger partial charge in [0.25, 0.3) is 5.91 Å². The molecule has 3 N–H and O–H groups in total. The molecule has 8 nitrogen and oxygen atoms in total. The number of hydrogen-bond donors (Lipinski definition) is 3. The van der Waals surface area contributed by atoms with E-state index in [4.69, 9.17) is 0 Å². The molecule has 35 heavy (non-hydrogen) atoms. The third kappa shape index (κ3) is 4.96. The molecule has 174 valence electrons. The molecule has 0 saturated heterocycles. The van der Waals surface area contributed by atoms with Gasteiger partial charge in [-0.25, -0.2) is 15.0 Å². The Morgan fingerprint density at radius 2 is 1.34 bits per heavy atom. The molecule has 0 bridgehead atoms. The van der Waals surface area contributed by atoms with Crippen LogP contribution in [0.1, 0.15) is 27.6 Å². The highest BCUT2D eigenvalue weighted by Gasteiger charge is 2.16. The van der Waals surface area contributed by atoms with Crippen molar-refractivity contribution in [3.05, 3.63) is 102 Å². The molecular weight excluding hydrogens is 438 g/mol. The summed E-state index contributed by atoms with van der Waals surface area (Å²) in [5.74, 6) is 1.82. The second-order valence-electron chi connectivity index (χ2n) is 8.31. The minimum atomic E-state index is -0.208. The zero-order valence-corrected chi connectivity index (χ0v) is 19.7. The fourth-order valence-electron chi connectivity index (χ4n) is 3.84. The number of hydrogen-bond acceptors (Lipinski definition) is 6. The van der Waals surface area contributed by atoms with Gasteiger partial charge in [0.1, 0.15) is 28.8 Å². The van der Waals surface area contributed by atoms with Crippen molar-refractivity contribution in [2.24, 2.45) is 0 Å². The van der Waals surface area contributed by atoms with Crippen LogP contribution in [0.15, 0.2) is 79.0 Å². The molecule has 0 spiro atoms. The minimum absolute atomic E-state index is 0.208. The number of rotatable bonds is 6. The maximum atomic E-state index is 12.9. The van der Waals surface area contributed by atoms with Gasteiger partial charge in [-0.15, -0.1) is 0 Å². The van der Waals surface area contributed by atoms with E-state index < -0.39 is 0 Å². The maximum absolute atomic E-state index is 12.9. The minimum Gasteiger partial charge on any atom is -0.340 e. The molecule has 5 aromatic rings. The zero-order chi connectivity index (χ0) is 24.4. The Kier molecular flexibility index (Phi) is 5.85. The number of fused-ring (bicyclic) bond motifs is 1. The van der Waals surface area contributed by atoms with E-state index in [2.05, 4.69) is 37.8 Å². The Bertz CT molecular complexity index is 1510. The predicted molar refractivity (Wildman–Crippen MR) is 139 cm³/mol. The van der Waals surface area contributed by atoms with Crippen LogP contribution in [0.5, 0.6) is 0 Å². The normalized spacial score (nSPS) is 10.8. The molecule has 5 rings (SSSR count). The number of nitrogens with zero attached hydrogens (tertiary/aromatic N) is 4. The van der Waals surface area contributed by atoms with Gasteiger partial charge in [-0.05, 0) is 69.3 Å². The number of aryl methyl sites for hydroxylation is 3. The van der Waals surface area contributed by atoms with E-state index in [1.807, 2.05) is 92.8 Å². The number of imidazole rings is 1. The Balaban J connectivity index is 1.28. The molecule has 0 atom stereocenters. The summed E-state index contributed by atoms with van der Waals surface area (Å²) >= 11 is 0. The molecule has 2 aromatic carbocycles. The number of anilines is 5. The number of aromatic nitrogens is 4. The van der Waals surface area contributed by atoms with Gasteiger partial charge in [-0.3, -0.25) is 9.20 Å². The van der Waals surface area contributed by atoms with E-state index in [0.717, 1.165) is 17.0 Å². The third-order valence-electron chi connectivity index (χ3n) is 5.50. The molecule has 0 unspecified atom stereocenters. The summed E-state index contributed by atoms with van der Waals surface area (Å²) in [6.07, 6.45) is 1.84. The van der Waals surface area contributed by atoms with Gasteiger partial charge < -0.3 is 16.0 Å². The Morgan fingerprint density at radius 3 is 2.00 bits per heavy atom. The summed E-state index contributed by atoms with van der Waals surface area (Å²) in [6, 6.07) is 23.1. The average Bonchev–Trinajstić information content (AvgIpc) is 3.17. The molecule has 0 saturated carbocycles. The van der Waals surface area contributed by atoms with Crippen molar-refractivity contribution < 1.29 is 4.79 Å². The second kappa shape index (κ2) is 9.26. The van der Waals surface area contributed by atoms with Gasteiger partial charge in [0.05, 0.1) is 5.69 Å². The first-order valence-corrected chi connectivity index (χ1v) is 11.3. The molecule has 3 aromatic heterocycles. The van der Waals surface area contributed by atoms with Crippen molar-refractivity contribution >= 4 is 40.3 Å². The average molecular weight is 464 g/mol. The summed E-state index contributed by atoms with van der Waals surface area (Å²) in [6.45, 7) is 5.74. The summed E-state index contributed by atoms with van der Waals surface area (Å²) in [7, 11) is 0. The largest absolute Gasteiger partial charge is 0.340 e. The lowest BCUT2D eigenvalue weighted by molar-refractivity contribution is 0.102. The van der Waals surface area contributed by atoms with Gasteiger partial charge in [0, 0.05) is 29.3 Å². The highest BCUT2D eigenvalue weighted by atomic mass is 16.2. The van der Waals surface area contributed by atoms with Crippen LogP contribution in [0.3, 0.4) is 0 Å². The molecule has 3 heterocycles. The lowest BCUT2D eigenvalue weighted by Gasteiger charge is -2.11. The zero-order valence-electron chi connectivity index (χ0n) is 19.7. The number of pyridine rings is 1. The summed E-state index contributed by atoms with van der Waals surface area (Å²) in [5, 5.41) is 9.57. The van der Waals surface area contributed by atoms with E-state index in [1.54, 1.807) is 4.40 Å². The van der Waals surface area contributed by atoms with Crippen LogP contribution >= 0.6 is 0 Å². The van der Waals surface area contributed by atoms with E-state index in [0.29, 0.717) is 34.5 Å². The predicted octanol–water partition coefficient (Wildman–Crippen LogP) is 5.79. The lowest BCUT2D eigenvalue weighted by atomic mass is 10.2. The molecule has 1 amide bonds. The van der Waals surface area contributed by atoms with Crippen molar-refractivity contribution in [2.45, 2.75) is 20.8 Å². The van der Waals surface area contributed by atoms with Crippen LogP contribution < -0.4 is 16.0 Å². The van der Waals surface area contributed by atoms with Crippen molar-refractivity contribution in [2.75, 3.05) is 16.0 Å². The van der Waals surface area contributed by atoms with Crippen molar-refractivity contribution in [1.82, 2.24) is 19.4 Å². The molecule has 8 heteroatoms. The maximum Gasteiger partial charge on any atom is 0.274 e. The number of nitrogens with one attached hydrogen (secondary N) is 3. The van der Waals surface area contributed by atoms with Crippen molar-refractivity contribution in [1.29, 1.82) is 0 Å². The summed E-state index contributed by atoms with van der Waals surface area (Å²) in [4.78, 5) is 26.3. The Hall–Kier alpha value is -4.72. The number of benzene rings is 2. The van der Waals surface area contributed by atoms with Gasteiger partial charge in [0.15, 0.2) is 0 Å². The third-order valence-corrected chi connectivity index (χ3v) is 5.50. The van der Waals surface area contributed by atoms with Gasteiger partial charge in [-0.1, -0.05) is 23.8 Å². The van der Waals surface area contributed by atoms with E-state index in [1.165, 1.54) is 5.56 Å². The summed E-state index contributed by atoms with van der Waals surface area (Å²) in [5.41, 5.74) is 5.63. The lowest BCUT2D eigenvalue weighted by Crippen LogP contribution is -2.15. The fraction of sp³-hybridized carbons (Fsp3) is 0.111. The second-order valence-corrected chi connectivity index (χ2v) is 8.31. The highest BCUT2D eigenvalue weighted by Crippen LogP contribution is 2.22. The monoisotopic (exact) mass is 463 g/mol. The molecular formula is C27H25N7O. The Labute approximate surface area is 203 Å². The molecule has 0 aliphatic rings. The Morgan fingerprint density at radius 1 is 0.743 bits per heavy atom. The highest BCUT2D eigenvalue weighted by molar-refractivity contribution is 6.04. The van der Waals surface area contributed by atoms with Gasteiger partial charge >= 0.3 is 0 Å². The fourth-order valence-corrected chi connectivity index (χ4v) is 3.84. The van der Waals surface area contributed by atoms with Crippen LogP contribution in [-0.4, -0.2) is 25.3 Å². The number of carbonyl (C=O) groups is 1. The topological polar surface area (TPSA) is 96.2 Å². The standard InChI is InChI=1S/C27H25N7O/c1-17-7-9-20(10-8-17)31-23-16-24(30-19(3)29-23)32-21-11-13-22(14-12-21)33-27(35)26-18(2)28-25-6-4-5-15-34(25)26/h4-16H,1-3H3,(H,33,35)(H2,29,30,31,32). The smallest absolute Gasteiger partial charge is 0.274 e. The van der Waals surface area contributed by atoms with Crippen molar-refractivity contribution in [3.63, 3.8) is 0 Å². The number of amides is 1. The van der Waals surface area contributed by atoms with E-state index in [9.17, 15) is 4.79 Å². The first-order chi connectivity index (χ1) is 16.9. The van der Waals surface area contributed by atoms with Gasteiger partial charge in [0.2, 0.25) is 0 Å². The molecule has 0 aliphatic carbocycles. The SMILES string of the molecule is Cc1ccc(Nc2cc(Nc3ccc(NC(=O)c4c(C)nc5ccccn45)cc3)nc(C)n2)cc1. The first kappa shape index (κ1) is 22.1. The van der Waals surface area contributed by atoms with E-state index >= 15 is 0 Å². The summed E-state index contributed by atoms with van der Waals surface area (Å²) < 4.78 is 1.79. The molecule has 0 aliphatic heterocycles.